The molecule has 4 rings (SSSR count). The van der Waals surface area contributed by atoms with Gasteiger partial charge < -0.3 is 8.83 Å². The maximum absolute atomic E-state index is 12.5. The van der Waals surface area contributed by atoms with Gasteiger partial charge in [-0.1, -0.05) is 25.9 Å². The van der Waals surface area contributed by atoms with E-state index in [4.69, 9.17) is 8.83 Å². The van der Waals surface area contributed by atoms with Crippen molar-refractivity contribution in [3.8, 4) is 0 Å². The van der Waals surface area contributed by atoms with Gasteiger partial charge in [-0.05, 0) is 29.2 Å². The molecule has 9 nitrogen and oxygen atoms in total. The summed E-state index contributed by atoms with van der Waals surface area (Å²) in [6, 6.07) is 3.67. The molecule has 0 unspecified atom stereocenters. The second kappa shape index (κ2) is 6.29. The van der Waals surface area contributed by atoms with Crippen LogP contribution in [0.25, 0.3) is 21.9 Å². The van der Waals surface area contributed by atoms with E-state index in [1.165, 1.54) is 0 Å². The molecule has 1 aromatic carbocycles. The maximum Gasteiger partial charge on any atom is 0.340 e. The smallest absolute Gasteiger partial charge is 0.340 e. The van der Waals surface area contributed by atoms with Crippen LogP contribution in [-0.4, -0.2) is 26.5 Å². The Kier molecular flexibility index (Phi) is 4.02. The zero-order valence-corrected chi connectivity index (χ0v) is 15.9. The van der Waals surface area contributed by atoms with Crippen molar-refractivity contribution in [3.63, 3.8) is 0 Å². The lowest BCUT2D eigenvalue weighted by molar-refractivity contribution is -0.115. The number of carbonyl (C=O) groups excluding carboxylic acids is 1. The van der Waals surface area contributed by atoms with Crippen LogP contribution in [0.2, 0.25) is 0 Å². The Morgan fingerprint density at radius 2 is 2.00 bits per heavy atom. The predicted octanol–water partition coefficient (Wildman–Crippen LogP) is 2.84. The second-order valence-corrected chi connectivity index (χ2v) is 7.70. The van der Waals surface area contributed by atoms with Crippen molar-refractivity contribution < 1.29 is 13.6 Å². The molecule has 0 aliphatic rings. The lowest BCUT2D eigenvalue weighted by Gasteiger charge is -2.16. The third-order valence-electron chi connectivity index (χ3n) is 4.72. The number of fused-ring (bicyclic) bond motifs is 2. The van der Waals surface area contributed by atoms with Crippen molar-refractivity contribution in [3.05, 3.63) is 45.5 Å². The summed E-state index contributed by atoms with van der Waals surface area (Å²) in [5.41, 5.74) is 2.46. The van der Waals surface area contributed by atoms with Crippen LogP contribution in [0.4, 0.5) is 5.95 Å². The third kappa shape index (κ3) is 3.04. The van der Waals surface area contributed by atoms with Crippen molar-refractivity contribution >= 4 is 33.8 Å². The van der Waals surface area contributed by atoms with Gasteiger partial charge in [-0.2, -0.15) is 5.21 Å². The molecule has 1 amide bonds. The summed E-state index contributed by atoms with van der Waals surface area (Å²) in [6.45, 7) is 8.12. The number of rotatable bonds is 3. The van der Waals surface area contributed by atoms with Crippen LogP contribution in [0.5, 0.6) is 0 Å². The number of furan rings is 1. The lowest BCUT2D eigenvalue weighted by Crippen LogP contribution is -2.21. The highest BCUT2D eigenvalue weighted by atomic mass is 16.4. The Balaban J connectivity index is 1.80. The highest BCUT2D eigenvalue weighted by molar-refractivity contribution is 5.98. The molecule has 0 saturated carbocycles. The third-order valence-corrected chi connectivity index (χ3v) is 4.72. The number of hydrogen-bond acceptors (Lipinski definition) is 7. The number of nitrogens with zero attached hydrogens (tertiary/aromatic N) is 3. The molecule has 0 bridgehead atoms. The summed E-state index contributed by atoms with van der Waals surface area (Å²) >= 11 is 0. The second-order valence-electron chi connectivity index (χ2n) is 7.70. The minimum Gasteiger partial charge on any atom is -0.464 e. The van der Waals surface area contributed by atoms with E-state index in [0.717, 1.165) is 16.3 Å². The maximum atomic E-state index is 12.5. The Morgan fingerprint density at radius 1 is 1.21 bits per heavy atom. The summed E-state index contributed by atoms with van der Waals surface area (Å²) in [7, 11) is 0. The zero-order chi connectivity index (χ0) is 20.1. The molecule has 9 heteroatoms. The fourth-order valence-corrected chi connectivity index (χ4v) is 3.24. The average Bonchev–Trinajstić information content (AvgIpc) is 3.26. The van der Waals surface area contributed by atoms with Gasteiger partial charge in [0.25, 0.3) is 5.95 Å². The first-order chi connectivity index (χ1) is 13.2. The Morgan fingerprint density at radius 3 is 2.68 bits per heavy atom. The van der Waals surface area contributed by atoms with E-state index < -0.39 is 11.5 Å². The highest BCUT2D eigenvalue weighted by Crippen LogP contribution is 2.35. The van der Waals surface area contributed by atoms with Gasteiger partial charge in [0.15, 0.2) is 0 Å². The largest absolute Gasteiger partial charge is 0.464 e. The molecule has 0 aliphatic heterocycles. The van der Waals surface area contributed by atoms with Gasteiger partial charge in [0, 0.05) is 22.4 Å². The summed E-state index contributed by atoms with van der Waals surface area (Å²) < 4.78 is 11.1. The number of aryl methyl sites for hydroxylation is 1. The van der Waals surface area contributed by atoms with Gasteiger partial charge in [0.2, 0.25) is 5.91 Å². The van der Waals surface area contributed by atoms with Gasteiger partial charge in [-0.3, -0.25) is 10.1 Å². The van der Waals surface area contributed by atoms with Crippen molar-refractivity contribution in [2.24, 2.45) is 0 Å². The van der Waals surface area contributed by atoms with E-state index in [0.29, 0.717) is 16.7 Å². The van der Waals surface area contributed by atoms with Crippen LogP contribution >= 0.6 is 0 Å². The number of hydrogen-bond donors (Lipinski definition) is 2. The molecule has 0 fully saturated rings. The van der Waals surface area contributed by atoms with Crippen LogP contribution in [0.1, 0.15) is 37.5 Å². The first-order valence-corrected chi connectivity index (χ1v) is 8.75. The number of benzene rings is 1. The van der Waals surface area contributed by atoms with Gasteiger partial charge in [0.1, 0.15) is 11.2 Å². The molecule has 4 aromatic rings. The van der Waals surface area contributed by atoms with E-state index in [2.05, 4.69) is 46.7 Å². The molecule has 144 valence electrons. The molecular formula is C19H19N5O4. The Hall–Kier alpha value is -3.49. The van der Waals surface area contributed by atoms with Gasteiger partial charge >= 0.3 is 5.63 Å². The number of anilines is 1. The fraction of sp³-hybridized carbons (Fsp3) is 0.316. The monoisotopic (exact) mass is 381 g/mol. The predicted molar refractivity (Wildman–Crippen MR) is 102 cm³/mol. The number of amides is 1. The number of aromatic nitrogens is 4. The molecule has 0 spiro atoms. The fourth-order valence-electron chi connectivity index (χ4n) is 3.24. The molecule has 0 aliphatic carbocycles. The molecule has 0 radical (unpaired) electrons. The van der Waals surface area contributed by atoms with E-state index in [9.17, 15) is 9.59 Å². The number of nitrogens with one attached hydrogen (secondary N) is 2. The number of tetrazole rings is 1. The van der Waals surface area contributed by atoms with Crippen LogP contribution in [0.15, 0.2) is 32.0 Å². The van der Waals surface area contributed by atoms with Crippen LogP contribution in [0, 0.1) is 6.92 Å². The summed E-state index contributed by atoms with van der Waals surface area (Å²) in [5.74, 6) is -0.390. The highest BCUT2D eigenvalue weighted by Gasteiger charge is 2.22. The number of H-pyrrole nitrogens is 1. The van der Waals surface area contributed by atoms with E-state index in [-0.39, 0.29) is 23.3 Å². The summed E-state index contributed by atoms with van der Waals surface area (Å²) in [6.07, 6.45) is 1.57. The Bertz CT molecular complexity index is 1250. The van der Waals surface area contributed by atoms with Gasteiger partial charge in [-0.15, -0.1) is 5.10 Å². The van der Waals surface area contributed by atoms with E-state index >= 15 is 0 Å². The topological polar surface area (TPSA) is 127 Å². The molecule has 0 atom stereocenters. The SMILES string of the molecule is Cc1c(CC(=O)Nc2nn[nH]n2)c(=O)oc2cc3occ(C(C)(C)C)c3cc12. The zero-order valence-electron chi connectivity index (χ0n) is 15.9. The minimum atomic E-state index is -0.560. The molecule has 3 heterocycles. The van der Waals surface area contributed by atoms with Crippen LogP contribution < -0.4 is 10.9 Å². The van der Waals surface area contributed by atoms with Crippen molar-refractivity contribution in [2.45, 2.75) is 39.5 Å². The number of aromatic amines is 1. The van der Waals surface area contributed by atoms with Crippen LogP contribution in [-0.2, 0) is 16.6 Å². The van der Waals surface area contributed by atoms with Gasteiger partial charge in [-0.25, -0.2) is 4.79 Å². The standard InChI is InChI=1S/C19H19N5O4/c1-9-10-5-12-13(19(2,3)4)8-27-14(12)7-15(10)28-17(26)11(9)6-16(25)20-18-21-23-24-22-18/h5,7-8H,6H2,1-4H3,(H2,20,21,22,23,24,25). The molecule has 3 aromatic heterocycles. The molecule has 2 N–H and O–H groups in total. The minimum absolute atomic E-state index is 0.0442. The van der Waals surface area contributed by atoms with Crippen molar-refractivity contribution in [2.75, 3.05) is 5.32 Å². The molecule has 28 heavy (non-hydrogen) atoms. The summed E-state index contributed by atoms with van der Waals surface area (Å²) in [5, 5.41) is 17.1. The van der Waals surface area contributed by atoms with Crippen LogP contribution in [0.3, 0.4) is 0 Å². The van der Waals surface area contributed by atoms with E-state index in [1.807, 2.05) is 6.07 Å². The first kappa shape index (κ1) is 17.9. The lowest BCUT2D eigenvalue weighted by atomic mass is 9.86. The average molecular weight is 381 g/mol. The quantitative estimate of drug-likeness (QED) is 0.522. The van der Waals surface area contributed by atoms with E-state index in [1.54, 1.807) is 19.3 Å². The Labute approximate surface area is 159 Å². The van der Waals surface area contributed by atoms with Crippen molar-refractivity contribution in [1.82, 2.24) is 20.6 Å². The van der Waals surface area contributed by atoms with Crippen molar-refractivity contribution in [1.29, 1.82) is 0 Å². The summed E-state index contributed by atoms with van der Waals surface area (Å²) in [4.78, 5) is 24.7. The molecule has 0 saturated heterocycles. The molecular weight excluding hydrogens is 362 g/mol. The normalized spacial score (nSPS) is 12.0. The van der Waals surface area contributed by atoms with Gasteiger partial charge in [0.05, 0.1) is 18.2 Å². The number of carbonyl (C=O) groups is 1. The first-order valence-electron chi connectivity index (χ1n) is 8.75.